The van der Waals surface area contributed by atoms with Crippen molar-refractivity contribution in [1.29, 1.82) is 0 Å². The van der Waals surface area contributed by atoms with Gasteiger partial charge >= 0.3 is 0 Å². The molecule has 5 aromatic carbocycles. The van der Waals surface area contributed by atoms with Crippen LogP contribution >= 0.6 is 22.6 Å². The summed E-state index contributed by atoms with van der Waals surface area (Å²) in [5.74, 6) is 0.348. The van der Waals surface area contributed by atoms with E-state index >= 15 is 0 Å². The van der Waals surface area contributed by atoms with E-state index in [1.165, 1.54) is 53.3 Å². The molecule has 36 heavy (non-hydrogen) atoms. The Morgan fingerprint density at radius 2 is 1.39 bits per heavy atom. The lowest BCUT2D eigenvalue weighted by atomic mass is 9.62. The summed E-state index contributed by atoms with van der Waals surface area (Å²) in [5.41, 5.74) is 9.30. The number of fused-ring (bicyclic) bond motifs is 4. The Morgan fingerprint density at radius 3 is 2.25 bits per heavy atom. The summed E-state index contributed by atoms with van der Waals surface area (Å²) in [6.45, 7) is 0. The molecule has 5 aromatic rings. The van der Waals surface area contributed by atoms with Crippen molar-refractivity contribution in [3.05, 3.63) is 154 Å². The molecule has 0 saturated heterocycles. The molecule has 0 nitrogen and oxygen atoms in total. The van der Waals surface area contributed by atoms with Crippen molar-refractivity contribution in [3.63, 3.8) is 0 Å². The molecule has 172 valence electrons. The highest BCUT2D eigenvalue weighted by atomic mass is 127. The number of allylic oxidation sites excluding steroid dienone is 4. The Kier molecular flexibility index (Phi) is 5.21. The number of hydrogen-bond donors (Lipinski definition) is 0. The summed E-state index contributed by atoms with van der Waals surface area (Å²) >= 11 is 2.39. The van der Waals surface area contributed by atoms with Crippen LogP contribution in [0.15, 0.2) is 133 Å². The largest absolute Gasteiger partial charge is 0.0839 e. The third-order valence-corrected chi connectivity index (χ3v) is 8.66. The topological polar surface area (TPSA) is 0 Å². The average molecular weight is 572 g/mol. The number of rotatable bonds is 3. The minimum absolute atomic E-state index is 0.225. The molecule has 0 aromatic heterocycles. The van der Waals surface area contributed by atoms with Gasteiger partial charge in [0.2, 0.25) is 0 Å². The van der Waals surface area contributed by atoms with E-state index in [9.17, 15) is 0 Å². The van der Waals surface area contributed by atoms with Crippen molar-refractivity contribution >= 4 is 33.4 Å². The zero-order valence-electron chi connectivity index (χ0n) is 19.9. The predicted octanol–water partition coefficient (Wildman–Crippen LogP) is 9.56. The van der Waals surface area contributed by atoms with Gasteiger partial charge in [-0.1, -0.05) is 115 Å². The first-order valence-electron chi connectivity index (χ1n) is 12.6. The average Bonchev–Trinajstić information content (AvgIpc) is 3.25. The standard InChI is InChI=1S/C35H25I/c36-29-21-20-24-22-26(19-18-25(24)23-29)30-15-9-17-33-34(30)31-14-7-8-16-32(31)35(33,27-10-3-1-4-11-27)28-12-5-2-6-13-28/h1-12,14-23,28H,13H2. The molecule has 0 N–H and O–H groups in total. The fourth-order valence-corrected chi connectivity index (χ4v) is 7.03. The highest BCUT2D eigenvalue weighted by Gasteiger charge is 2.49. The van der Waals surface area contributed by atoms with E-state index in [-0.39, 0.29) is 5.41 Å². The summed E-state index contributed by atoms with van der Waals surface area (Å²) in [6.07, 6.45) is 10.2. The Hall–Kier alpha value is -3.43. The van der Waals surface area contributed by atoms with Crippen molar-refractivity contribution in [1.82, 2.24) is 0 Å². The molecule has 7 rings (SSSR count). The molecule has 0 fully saturated rings. The van der Waals surface area contributed by atoms with Crippen molar-refractivity contribution in [2.75, 3.05) is 0 Å². The van der Waals surface area contributed by atoms with Crippen LogP contribution in [0.25, 0.3) is 33.0 Å². The van der Waals surface area contributed by atoms with Crippen LogP contribution in [-0.4, -0.2) is 0 Å². The zero-order valence-corrected chi connectivity index (χ0v) is 22.0. The summed E-state index contributed by atoms with van der Waals surface area (Å²) in [5, 5.41) is 2.57. The van der Waals surface area contributed by atoms with Gasteiger partial charge in [0, 0.05) is 3.57 Å². The molecule has 1 heteroatoms. The third-order valence-electron chi connectivity index (χ3n) is 7.99. The highest BCUT2D eigenvalue weighted by Crippen LogP contribution is 2.59. The molecule has 0 radical (unpaired) electrons. The lowest BCUT2D eigenvalue weighted by Crippen LogP contribution is -2.35. The van der Waals surface area contributed by atoms with E-state index in [0.29, 0.717) is 5.92 Å². The molecule has 2 aliphatic carbocycles. The molecule has 0 saturated carbocycles. The lowest BCUT2D eigenvalue weighted by Gasteiger charge is -2.39. The van der Waals surface area contributed by atoms with E-state index in [2.05, 4.69) is 156 Å². The molecular formula is C35H25I. The predicted molar refractivity (Wildman–Crippen MR) is 160 cm³/mol. The first-order valence-corrected chi connectivity index (χ1v) is 13.7. The van der Waals surface area contributed by atoms with Crippen molar-refractivity contribution in [2.24, 2.45) is 5.92 Å². The smallest absolute Gasteiger partial charge is 0.0529 e. The second-order valence-corrected chi connectivity index (χ2v) is 11.1. The fraction of sp³-hybridized carbons (Fsp3) is 0.0857. The molecule has 2 unspecified atom stereocenters. The van der Waals surface area contributed by atoms with Gasteiger partial charge in [-0.05, 0) is 103 Å². The van der Waals surface area contributed by atoms with Crippen LogP contribution < -0.4 is 0 Å². The van der Waals surface area contributed by atoms with Crippen LogP contribution in [-0.2, 0) is 5.41 Å². The van der Waals surface area contributed by atoms with Crippen LogP contribution in [0, 0.1) is 9.49 Å². The fourth-order valence-electron chi connectivity index (χ4n) is 6.51. The zero-order chi connectivity index (χ0) is 24.1. The SMILES string of the molecule is Ic1ccc2cc(-c3cccc4c3-c3ccccc3C4(c3ccccc3)C3C=CC=CC3)ccc2c1. The first kappa shape index (κ1) is 21.8. The summed E-state index contributed by atoms with van der Waals surface area (Å²) < 4.78 is 1.27. The van der Waals surface area contributed by atoms with E-state index in [0.717, 1.165) is 6.42 Å². The molecule has 0 aliphatic heterocycles. The molecule has 0 heterocycles. The lowest BCUT2D eigenvalue weighted by molar-refractivity contribution is 0.457. The van der Waals surface area contributed by atoms with Crippen LogP contribution in [0.4, 0.5) is 0 Å². The Morgan fingerprint density at radius 1 is 0.639 bits per heavy atom. The van der Waals surface area contributed by atoms with Crippen LogP contribution in [0.3, 0.4) is 0 Å². The van der Waals surface area contributed by atoms with Crippen molar-refractivity contribution < 1.29 is 0 Å². The van der Waals surface area contributed by atoms with Crippen LogP contribution in [0.2, 0.25) is 0 Å². The number of hydrogen-bond acceptors (Lipinski definition) is 0. The Balaban J connectivity index is 1.55. The monoisotopic (exact) mass is 572 g/mol. The number of benzene rings is 5. The minimum Gasteiger partial charge on any atom is -0.0839 e. The van der Waals surface area contributed by atoms with Crippen LogP contribution in [0.1, 0.15) is 23.1 Å². The first-order chi connectivity index (χ1) is 17.8. The maximum atomic E-state index is 2.42. The van der Waals surface area contributed by atoms with E-state index in [4.69, 9.17) is 0 Å². The molecule has 2 atom stereocenters. The normalized spacial score (nSPS) is 19.9. The third kappa shape index (κ3) is 3.19. The summed E-state index contributed by atoms with van der Waals surface area (Å²) in [7, 11) is 0. The maximum absolute atomic E-state index is 2.42. The van der Waals surface area contributed by atoms with Gasteiger partial charge in [-0.25, -0.2) is 0 Å². The summed E-state index contributed by atoms with van der Waals surface area (Å²) in [4.78, 5) is 0. The van der Waals surface area contributed by atoms with Crippen molar-refractivity contribution in [2.45, 2.75) is 11.8 Å². The van der Waals surface area contributed by atoms with Gasteiger partial charge in [0.15, 0.2) is 0 Å². The van der Waals surface area contributed by atoms with Gasteiger partial charge < -0.3 is 0 Å². The molecule has 2 aliphatic rings. The van der Waals surface area contributed by atoms with Crippen molar-refractivity contribution in [3.8, 4) is 22.3 Å². The minimum atomic E-state index is -0.225. The Bertz CT molecular complexity index is 1670. The van der Waals surface area contributed by atoms with E-state index in [1.807, 2.05) is 0 Å². The van der Waals surface area contributed by atoms with Gasteiger partial charge in [0.1, 0.15) is 0 Å². The molecule has 0 spiro atoms. The molecule has 0 amide bonds. The van der Waals surface area contributed by atoms with Gasteiger partial charge in [0.05, 0.1) is 5.41 Å². The van der Waals surface area contributed by atoms with E-state index in [1.54, 1.807) is 0 Å². The molecule has 0 bridgehead atoms. The second kappa shape index (κ2) is 8.60. The number of halogens is 1. The maximum Gasteiger partial charge on any atom is 0.0529 e. The quantitative estimate of drug-likeness (QED) is 0.189. The summed E-state index contributed by atoms with van der Waals surface area (Å²) in [6, 6.07) is 40.8. The van der Waals surface area contributed by atoms with Gasteiger partial charge in [0.25, 0.3) is 0 Å². The second-order valence-electron chi connectivity index (χ2n) is 9.81. The Labute approximate surface area is 226 Å². The van der Waals surface area contributed by atoms with Gasteiger partial charge in [-0.2, -0.15) is 0 Å². The van der Waals surface area contributed by atoms with Gasteiger partial charge in [-0.15, -0.1) is 0 Å². The van der Waals surface area contributed by atoms with Crippen LogP contribution in [0.5, 0.6) is 0 Å². The highest BCUT2D eigenvalue weighted by molar-refractivity contribution is 14.1. The molecular weight excluding hydrogens is 547 g/mol. The van der Waals surface area contributed by atoms with Gasteiger partial charge in [-0.3, -0.25) is 0 Å². The van der Waals surface area contributed by atoms with E-state index < -0.39 is 0 Å².